The smallest absolute Gasteiger partial charge is 0.317 e. The molecule has 0 radical (unpaired) electrons. The summed E-state index contributed by atoms with van der Waals surface area (Å²) in [7, 11) is 0. The summed E-state index contributed by atoms with van der Waals surface area (Å²) in [6.07, 6.45) is 5.04. The molecule has 3 rings (SSSR count). The van der Waals surface area contributed by atoms with Gasteiger partial charge >= 0.3 is 6.03 Å². The lowest BCUT2D eigenvalue weighted by atomic mass is 9.93. The van der Waals surface area contributed by atoms with E-state index in [0.717, 1.165) is 43.7 Å². The van der Waals surface area contributed by atoms with Gasteiger partial charge in [0.15, 0.2) is 0 Å². The van der Waals surface area contributed by atoms with Crippen LogP contribution in [0.15, 0.2) is 28.4 Å². The van der Waals surface area contributed by atoms with Crippen molar-refractivity contribution in [1.29, 1.82) is 0 Å². The first-order valence-corrected chi connectivity index (χ1v) is 10.5. The fraction of sp³-hybridized carbons (Fsp3) is 0.636. The second-order valence-corrected chi connectivity index (χ2v) is 8.54. The molecular weight excluding hydrogens is 354 g/mol. The van der Waals surface area contributed by atoms with Gasteiger partial charge in [0.1, 0.15) is 5.76 Å². The predicted molar refractivity (Wildman–Crippen MR) is 110 cm³/mol. The second-order valence-electron chi connectivity index (χ2n) is 8.54. The largest absolute Gasteiger partial charge is 0.465 e. The summed E-state index contributed by atoms with van der Waals surface area (Å²) in [5.41, 5.74) is 2.42. The third-order valence-corrected chi connectivity index (χ3v) is 5.72. The normalized spacial score (nSPS) is 20.6. The molecule has 6 heteroatoms. The van der Waals surface area contributed by atoms with Crippen LogP contribution in [-0.4, -0.2) is 54.5 Å². The average molecular weight is 388 g/mol. The maximum absolute atomic E-state index is 12.9. The summed E-state index contributed by atoms with van der Waals surface area (Å²) >= 11 is 0. The Morgan fingerprint density at radius 3 is 2.82 bits per heavy atom. The number of furan rings is 1. The standard InChI is InChI=1S/C22H33N3O3/c1-16(2)13-23-22(27)25-9-4-6-18(14-25)12-21(26)24-10-8-17(3)19(15-24)20-7-5-11-28-20/h5,7,11,16,18H,4,6,8-10,12-15H2,1-3H3,(H,23,27). The molecule has 3 heterocycles. The summed E-state index contributed by atoms with van der Waals surface area (Å²) in [5, 5.41) is 2.99. The molecule has 2 aliphatic rings. The van der Waals surface area contributed by atoms with Gasteiger partial charge in [0.05, 0.1) is 6.26 Å². The zero-order valence-electron chi connectivity index (χ0n) is 17.4. The Morgan fingerprint density at radius 2 is 2.11 bits per heavy atom. The Balaban J connectivity index is 1.54. The molecule has 1 saturated heterocycles. The molecule has 1 N–H and O–H groups in total. The van der Waals surface area contributed by atoms with Crippen molar-refractivity contribution in [3.05, 3.63) is 29.7 Å². The van der Waals surface area contributed by atoms with Crippen LogP contribution < -0.4 is 5.32 Å². The first-order valence-electron chi connectivity index (χ1n) is 10.5. The summed E-state index contributed by atoms with van der Waals surface area (Å²) in [5.74, 6) is 1.72. The average Bonchev–Trinajstić information content (AvgIpc) is 3.21. The van der Waals surface area contributed by atoms with E-state index < -0.39 is 0 Å². The number of carbonyl (C=O) groups is 2. The van der Waals surface area contributed by atoms with Crippen LogP contribution in [0, 0.1) is 11.8 Å². The lowest BCUT2D eigenvalue weighted by Gasteiger charge is -2.35. The van der Waals surface area contributed by atoms with E-state index in [2.05, 4.69) is 26.1 Å². The predicted octanol–water partition coefficient (Wildman–Crippen LogP) is 3.75. The SMILES string of the molecule is CC1=C(c2ccco2)CN(C(=O)CC2CCCN(C(=O)NCC(C)C)C2)CC1. The fourth-order valence-corrected chi connectivity index (χ4v) is 4.01. The van der Waals surface area contributed by atoms with Gasteiger partial charge in [0.2, 0.25) is 5.91 Å². The Morgan fingerprint density at radius 1 is 1.29 bits per heavy atom. The van der Waals surface area contributed by atoms with Crippen molar-refractivity contribution in [2.45, 2.75) is 46.5 Å². The quantitative estimate of drug-likeness (QED) is 0.837. The van der Waals surface area contributed by atoms with Crippen LogP contribution in [-0.2, 0) is 4.79 Å². The minimum absolute atomic E-state index is 0.00230. The van der Waals surface area contributed by atoms with Gasteiger partial charge in [0.25, 0.3) is 0 Å². The minimum atomic E-state index is 0.00230. The van der Waals surface area contributed by atoms with Crippen molar-refractivity contribution in [1.82, 2.24) is 15.1 Å². The van der Waals surface area contributed by atoms with E-state index in [4.69, 9.17) is 4.42 Å². The number of urea groups is 1. The highest BCUT2D eigenvalue weighted by atomic mass is 16.3. The molecule has 154 valence electrons. The highest BCUT2D eigenvalue weighted by Gasteiger charge is 2.29. The molecule has 1 aromatic rings. The van der Waals surface area contributed by atoms with E-state index in [0.29, 0.717) is 32.0 Å². The summed E-state index contributed by atoms with van der Waals surface area (Å²) in [6, 6.07) is 3.85. The van der Waals surface area contributed by atoms with Crippen LogP contribution >= 0.6 is 0 Å². The Labute approximate surface area is 167 Å². The van der Waals surface area contributed by atoms with Crippen molar-refractivity contribution >= 4 is 17.5 Å². The van der Waals surface area contributed by atoms with Gasteiger partial charge in [-0.1, -0.05) is 19.4 Å². The number of likely N-dealkylation sites (tertiary alicyclic amines) is 1. The fourth-order valence-electron chi connectivity index (χ4n) is 4.01. The number of nitrogens with one attached hydrogen (secondary N) is 1. The molecule has 0 spiro atoms. The van der Waals surface area contributed by atoms with Gasteiger partial charge in [0, 0.05) is 44.7 Å². The topological polar surface area (TPSA) is 65.8 Å². The summed E-state index contributed by atoms with van der Waals surface area (Å²) in [4.78, 5) is 29.1. The summed E-state index contributed by atoms with van der Waals surface area (Å²) in [6.45, 7) is 9.81. The zero-order chi connectivity index (χ0) is 20.1. The number of hydrogen-bond donors (Lipinski definition) is 1. The second kappa shape index (κ2) is 9.30. The zero-order valence-corrected chi connectivity index (χ0v) is 17.4. The maximum atomic E-state index is 12.9. The minimum Gasteiger partial charge on any atom is -0.465 e. The van der Waals surface area contributed by atoms with Crippen LogP contribution in [0.25, 0.3) is 5.57 Å². The monoisotopic (exact) mass is 387 g/mol. The molecule has 1 atom stereocenters. The van der Waals surface area contributed by atoms with Crippen LogP contribution in [0.3, 0.4) is 0 Å². The van der Waals surface area contributed by atoms with E-state index in [1.807, 2.05) is 21.9 Å². The van der Waals surface area contributed by atoms with E-state index in [1.54, 1.807) is 6.26 Å². The highest BCUT2D eigenvalue weighted by molar-refractivity contribution is 5.80. The first kappa shape index (κ1) is 20.5. The Hall–Kier alpha value is -2.24. The maximum Gasteiger partial charge on any atom is 0.317 e. The van der Waals surface area contributed by atoms with Crippen molar-refractivity contribution in [2.24, 2.45) is 11.8 Å². The molecule has 2 aliphatic heterocycles. The number of carbonyl (C=O) groups excluding carboxylic acids is 2. The molecule has 3 amide bonds. The molecular formula is C22H33N3O3. The number of rotatable bonds is 5. The molecule has 6 nitrogen and oxygen atoms in total. The molecule has 0 aliphatic carbocycles. The molecule has 0 bridgehead atoms. The molecule has 1 unspecified atom stereocenters. The van der Waals surface area contributed by atoms with Crippen molar-refractivity contribution in [3.63, 3.8) is 0 Å². The van der Waals surface area contributed by atoms with Gasteiger partial charge in [-0.05, 0) is 50.2 Å². The third kappa shape index (κ3) is 5.18. The van der Waals surface area contributed by atoms with Gasteiger partial charge in [-0.3, -0.25) is 4.79 Å². The lowest BCUT2D eigenvalue weighted by molar-refractivity contribution is -0.132. The molecule has 0 aromatic carbocycles. The molecule has 28 heavy (non-hydrogen) atoms. The third-order valence-electron chi connectivity index (χ3n) is 5.72. The van der Waals surface area contributed by atoms with Crippen LogP contribution in [0.2, 0.25) is 0 Å². The van der Waals surface area contributed by atoms with E-state index >= 15 is 0 Å². The number of amides is 3. The first-order chi connectivity index (χ1) is 13.4. The van der Waals surface area contributed by atoms with Gasteiger partial charge in [-0.25, -0.2) is 4.79 Å². The highest BCUT2D eigenvalue weighted by Crippen LogP contribution is 2.28. The molecule has 1 fully saturated rings. The molecule has 1 aromatic heterocycles. The van der Waals surface area contributed by atoms with Gasteiger partial charge < -0.3 is 19.5 Å². The molecule has 0 saturated carbocycles. The van der Waals surface area contributed by atoms with Gasteiger partial charge in [-0.2, -0.15) is 0 Å². The Bertz CT molecular complexity index is 709. The number of piperidine rings is 1. The van der Waals surface area contributed by atoms with Crippen molar-refractivity contribution in [2.75, 3.05) is 32.7 Å². The van der Waals surface area contributed by atoms with Crippen molar-refractivity contribution < 1.29 is 14.0 Å². The van der Waals surface area contributed by atoms with Crippen LogP contribution in [0.4, 0.5) is 4.79 Å². The van der Waals surface area contributed by atoms with Crippen LogP contribution in [0.1, 0.15) is 52.2 Å². The van der Waals surface area contributed by atoms with Gasteiger partial charge in [-0.15, -0.1) is 0 Å². The lowest BCUT2D eigenvalue weighted by Crippen LogP contribution is -2.47. The van der Waals surface area contributed by atoms with Crippen LogP contribution in [0.5, 0.6) is 0 Å². The number of hydrogen-bond acceptors (Lipinski definition) is 3. The summed E-state index contributed by atoms with van der Waals surface area (Å²) < 4.78 is 5.55. The van der Waals surface area contributed by atoms with Crippen molar-refractivity contribution in [3.8, 4) is 0 Å². The Kier molecular flexibility index (Phi) is 6.81. The van der Waals surface area contributed by atoms with E-state index in [-0.39, 0.29) is 17.9 Å². The van der Waals surface area contributed by atoms with E-state index in [1.165, 1.54) is 5.57 Å². The number of nitrogens with zero attached hydrogens (tertiary/aromatic N) is 2. The van der Waals surface area contributed by atoms with E-state index in [9.17, 15) is 9.59 Å².